The summed E-state index contributed by atoms with van der Waals surface area (Å²) < 4.78 is 6.74. The van der Waals surface area contributed by atoms with Crippen LogP contribution in [0.25, 0.3) is 0 Å². The molecule has 1 rings (SSSR count). The van der Waals surface area contributed by atoms with Gasteiger partial charge in [0.05, 0.1) is 13.2 Å². The highest BCUT2D eigenvalue weighted by Gasteiger charge is 2.06. The van der Waals surface area contributed by atoms with Gasteiger partial charge in [0.25, 0.3) is 12.6 Å². The number of ether oxygens (including phenoxy) is 1. The molecule has 76 valence electrons. The van der Waals surface area contributed by atoms with Crippen molar-refractivity contribution in [2.24, 2.45) is 5.73 Å². The lowest BCUT2D eigenvalue weighted by Gasteiger charge is -1.98. The zero-order valence-corrected chi connectivity index (χ0v) is 7.72. The van der Waals surface area contributed by atoms with Gasteiger partial charge in [0, 0.05) is 6.07 Å². The molecule has 0 atom stereocenters. The number of hydrogen-bond donors (Lipinski definition) is 2. The topological polar surface area (TPSA) is 76.4 Å². The maximum absolute atomic E-state index is 10.8. The van der Waals surface area contributed by atoms with Gasteiger partial charge in [-0.05, 0) is 6.07 Å². The van der Waals surface area contributed by atoms with E-state index in [0.29, 0.717) is 12.3 Å². The van der Waals surface area contributed by atoms with E-state index in [-0.39, 0.29) is 13.2 Å². The first-order valence-corrected chi connectivity index (χ1v) is 4.21. The third kappa shape index (κ3) is 3.12. The summed E-state index contributed by atoms with van der Waals surface area (Å²) >= 11 is 0. The molecule has 0 saturated heterocycles. The lowest BCUT2D eigenvalue weighted by Crippen LogP contribution is -2.36. The van der Waals surface area contributed by atoms with E-state index in [1.165, 1.54) is 0 Å². The molecule has 1 heterocycles. The Morgan fingerprint density at radius 1 is 1.64 bits per heavy atom. The second-order valence-corrected chi connectivity index (χ2v) is 2.73. The molecule has 0 bridgehead atoms. The summed E-state index contributed by atoms with van der Waals surface area (Å²) in [6, 6.07) is 3.34. The number of carbonyl (C=O) groups is 1. The fourth-order valence-corrected chi connectivity index (χ4v) is 0.983. The summed E-state index contributed by atoms with van der Waals surface area (Å²) in [6.45, 7) is 0.547. The van der Waals surface area contributed by atoms with Gasteiger partial charge in [0.15, 0.2) is 12.4 Å². The molecule has 14 heavy (non-hydrogen) atoms. The molecule has 1 aromatic heterocycles. The third-order valence-electron chi connectivity index (χ3n) is 1.62. The van der Waals surface area contributed by atoms with E-state index >= 15 is 0 Å². The molecule has 0 unspecified atom stereocenters. The lowest BCUT2D eigenvalue weighted by atomic mass is 10.3. The van der Waals surface area contributed by atoms with Gasteiger partial charge in [-0.2, -0.15) is 4.57 Å². The van der Waals surface area contributed by atoms with Crippen LogP contribution in [0.2, 0.25) is 0 Å². The van der Waals surface area contributed by atoms with Crippen molar-refractivity contribution in [1.82, 2.24) is 0 Å². The third-order valence-corrected chi connectivity index (χ3v) is 1.62. The molecule has 0 aromatic carbocycles. The fraction of sp³-hybridized carbons (Fsp3) is 0.333. The van der Waals surface area contributed by atoms with Crippen LogP contribution in [-0.4, -0.2) is 24.2 Å². The van der Waals surface area contributed by atoms with Gasteiger partial charge in [-0.3, -0.25) is 4.79 Å². The first-order chi connectivity index (χ1) is 6.74. The number of primary amides is 1. The Labute approximate surface area is 81.7 Å². The second kappa shape index (κ2) is 5.31. The number of amides is 1. The Morgan fingerprint density at radius 3 is 3.07 bits per heavy atom. The number of nitrogens with two attached hydrogens (primary N) is 1. The van der Waals surface area contributed by atoms with Crippen molar-refractivity contribution in [3.63, 3.8) is 0 Å². The highest BCUT2D eigenvalue weighted by atomic mass is 16.5. The van der Waals surface area contributed by atoms with E-state index < -0.39 is 5.91 Å². The van der Waals surface area contributed by atoms with E-state index in [9.17, 15) is 4.79 Å². The second-order valence-electron chi connectivity index (χ2n) is 2.73. The fourth-order valence-electron chi connectivity index (χ4n) is 0.983. The smallest absolute Gasteiger partial charge is 0.254 e. The number of nitrogens with zero attached hydrogens (tertiary/aromatic N) is 1. The summed E-state index contributed by atoms with van der Waals surface area (Å²) in [5, 5.41) is 8.48. The van der Waals surface area contributed by atoms with E-state index in [2.05, 4.69) is 0 Å². The van der Waals surface area contributed by atoms with Gasteiger partial charge in [0.1, 0.15) is 5.56 Å². The predicted octanol–water partition coefficient (Wildman–Crippen LogP) is -0.961. The van der Waals surface area contributed by atoms with Crippen molar-refractivity contribution < 1.29 is 19.2 Å². The molecule has 0 aliphatic carbocycles. The minimum absolute atomic E-state index is 0.0178. The van der Waals surface area contributed by atoms with Crippen molar-refractivity contribution in [1.29, 1.82) is 0 Å². The van der Waals surface area contributed by atoms with E-state index in [1.54, 1.807) is 29.1 Å². The zero-order valence-electron chi connectivity index (χ0n) is 7.72. The highest BCUT2D eigenvalue weighted by molar-refractivity contribution is 5.92. The molecule has 0 aliphatic heterocycles. The largest absolute Gasteiger partial charge is 0.394 e. The van der Waals surface area contributed by atoms with Crippen LogP contribution in [0.3, 0.4) is 0 Å². The summed E-state index contributed by atoms with van der Waals surface area (Å²) in [5.41, 5.74) is 5.54. The quantitative estimate of drug-likeness (QED) is 0.471. The molecule has 1 amide bonds. The van der Waals surface area contributed by atoms with Crippen molar-refractivity contribution in [3.8, 4) is 0 Å². The predicted molar refractivity (Wildman–Crippen MR) is 48.2 cm³/mol. The minimum Gasteiger partial charge on any atom is -0.394 e. The van der Waals surface area contributed by atoms with Gasteiger partial charge < -0.3 is 15.6 Å². The van der Waals surface area contributed by atoms with E-state index in [0.717, 1.165) is 0 Å². The molecule has 1 aromatic rings. The van der Waals surface area contributed by atoms with Gasteiger partial charge in [-0.25, -0.2) is 0 Å². The van der Waals surface area contributed by atoms with Crippen LogP contribution < -0.4 is 10.3 Å². The molecular formula is C9H13N2O3+. The average Bonchev–Trinajstić information content (AvgIpc) is 2.19. The number of pyridine rings is 1. The van der Waals surface area contributed by atoms with Crippen LogP contribution in [-0.2, 0) is 11.5 Å². The van der Waals surface area contributed by atoms with Crippen LogP contribution in [0.5, 0.6) is 0 Å². The molecule has 3 N–H and O–H groups in total. The van der Waals surface area contributed by atoms with Crippen molar-refractivity contribution in [2.75, 3.05) is 13.2 Å². The molecular weight excluding hydrogens is 184 g/mol. The molecule has 5 heteroatoms. The summed E-state index contributed by atoms with van der Waals surface area (Å²) in [4.78, 5) is 10.8. The standard InChI is InChI=1S/C9H12N2O3/c10-9(13)8-2-1-3-11(6-8)7-14-5-4-12/h1-3,6,12H,4-5,7H2,(H-,10,13)/p+1. The average molecular weight is 197 g/mol. The maximum atomic E-state index is 10.8. The van der Waals surface area contributed by atoms with E-state index in [4.69, 9.17) is 15.6 Å². The van der Waals surface area contributed by atoms with Gasteiger partial charge in [-0.1, -0.05) is 0 Å². The summed E-state index contributed by atoms with van der Waals surface area (Å²) in [6.07, 6.45) is 3.35. The first kappa shape index (κ1) is 10.6. The molecule has 5 nitrogen and oxygen atoms in total. The molecule has 0 aliphatic rings. The monoisotopic (exact) mass is 197 g/mol. The van der Waals surface area contributed by atoms with Crippen molar-refractivity contribution in [3.05, 3.63) is 30.1 Å². The number of hydrogen-bond acceptors (Lipinski definition) is 3. The van der Waals surface area contributed by atoms with E-state index in [1.807, 2.05) is 0 Å². The number of carbonyl (C=O) groups excluding carboxylic acids is 1. The molecule has 0 radical (unpaired) electrons. The van der Waals surface area contributed by atoms with Gasteiger partial charge in [0.2, 0.25) is 0 Å². The number of rotatable bonds is 5. The number of aliphatic hydroxyl groups excluding tert-OH is 1. The van der Waals surface area contributed by atoms with Gasteiger partial charge in [-0.15, -0.1) is 0 Å². The number of aliphatic hydroxyl groups is 1. The SMILES string of the molecule is NC(=O)c1ccc[n+](COCCO)c1. The summed E-state index contributed by atoms with van der Waals surface area (Å²) in [5.74, 6) is -0.471. The van der Waals surface area contributed by atoms with Crippen LogP contribution >= 0.6 is 0 Å². The molecule has 0 fully saturated rings. The van der Waals surface area contributed by atoms with Crippen molar-refractivity contribution >= 4 is 5.91 Å². The zero-order chi connectivity index (χ0) is 10.4. The van der Waals surface area contributed by atoms with Crippen LogP contribution in [0.15, 0.2) is 24.5 Å². The lowest BCUT2D eigenvalue weighted by molar-refractivity contribution is -0.732. The Morgan fingerprint density at radius 2 is 2.43 bits per heavy atom. The number of aromatic nitrogens is 1. The van der Waals surface area contributed by atoms with Crippen molar-refractivity contribution in [2.45, 2.75) is 6.73 Å². The molecule has 0 spiro atoms. The highest BCUT2D eigenvalue weighted by Crippen LogP contribution is 1.91. The molecule has 0 saturated carbocycles. The Hall–Kier alpha value is -1.46. The van der Waals surface area contributed by atoms with Gasteiger partial charge >= 0.3 is 0 Å². The summed E-state index contributed by atoms with van der Waals surface area (Å²) in [7, 11) is 0. The minimum atomic E-state index is -0.471. The van der Waals surface area contributed by atoms with Crippen LogP contribution in [0, 0.1) is 0 Å². The van der Waals surface area contributed by atoms with Crippen LogP contribution in [0.4, 0.5) is 0 Å². The first-order valence-electron chi connectivity index (χ1n) is 4.21. The maximum Gasteiger partial charge on any atom is 0.254 e. The normalized spacial score (nSPS) is 10.1. The Bertz CT molecular complexity index is 315. The Balaban J connectivity index is 2.59. The Kier molecular flexibility index (Phi) is 4.03. The van der Waals surface area contributed by atoms with Crippen LogP contribution in [0.1, 0.15) is 10.4 Å².